The lowest BCUT2D eigenvalue weighted by atomic mass is 10.2. The molecule has 4 aromatic rings. The molecule has 0 spiro atoms. The molecule has 0 aliphatic carbocycles. The van der Waals surface area contributed by atoms with E-state index in [0.29, 0.717) is 17.5 Å². The Hall–Kier alpha value is -3.00. The third-order valence-corrected chi connectivity index (χ3v) is 6.10. The molecule has 0 fully saturated rings. The van der Waals surface area contributed by atoms with Crippen LogP contribution in [0.1, 0.15) is 30.1 Å². The third-order valence-electron chi connectivity index (χ3n) is 4.88. The van der Waals surface area contributed by atoms with Gasteiger partial charge in [-0.05, 0) is 24.6 Å². The minimum Gasteiger partial charge on any atom is -0.350 e. The molecule has 4 rings (SSSR count). The number of aryl methyl sites for hydroxylation is 2. The Labute approximate surface area is 170 Å². The highest BCUT2D eigenvalue weighted by molar-refractivity contribution is 7.19. The Balaban J connectivity index is 1.63. The van der Waals surface area contributed by atoms with Gasteiger partial charge in [0.15, 0.2) is 0 Å². The Morgan fingerprint density at radius 1 is 1.17 bits per heavy atom. The van der Waals surface area contributed by atoms with Crippen LogP contribution in [-0.4, -0.2) is 20.1 Å². The molecular formula is C21H21FN4O2S. The fourth-order valence-electron chi connectivity index (χ4n) is 3.38. The van der Waals surface area contributed by atoms with Crippen molar-refractivity contribution < 1.29 is 9.18 Å². The van der Waals surface area contributed by atoms with Crippen LogP contribution in [0.25, 0.3) is 15.7 Å². The molecule has 3 aromatic heterocycles. The smallest absolute Gasteiger partial charge is 0.291 e. The van der Waals surface area contributed by atoms with Crippen molar-refractivity contribution >= 4 is 33.0 Å². The molecule has 0 saturated carbocycles. The first kappa shape index (κ1) is 19.3. The number of aromatic nitrogens is 3. The highest BCUT2D eigenvalue weighted by Crippen LogP contribution is 2.29. The van der Waals surface area contributed by atoms with Crippen molar-refractivity contribution in [2.45, 2.75) is 39.8 Å². The SMILES string of the molecule is CCc1cc2c(cc3c(=O)n(CC(=O)NCc4ccccc4F)nc(CC)n32)s1. The van der Waals surface area contributed by atoms with E-state index in [2.05, 4.69) is 23.4 Å². The highest BCUT2D eigenvalue weighted by atomic mass is 32.1. The van der Waals surface area contributed by atoms with Crippen molar-refractivity contribution in [3.63, 3.8) is 0 Å². The van der Waals surface area contributed by atoms with Gasteiger partial charge in [-0.3, -0.25) is 14.0 Å². The van der Waals surface area contributed by atoms with Gasteiger partial charge in [-0.1, -0.05) is 32.0 Å². The van der Waals surface area contributed by atoms with Gasteiger partial charge in [-0.2, -0.15) is 5.10 Å². The van der Waals surface area contributed by atoms with E-state index in [1.165, 1.54) is 15.6 Å². The zero-order valence-corrected chi connectivity index (χ0v) is 17.1. The molecule has 1 aromatic carbocycles. The Morgan fingerprint density at radius 3 is 2.69 bits per heavy atom. The van der Waals surface area contributed by atoms with Crippen LogP contribution in [-0.2, 0) is 30.7 Å². The van der Waals surface area contributed by atoms with Crippen LogP contribution in [0, 0.1) is 5.82 Å². The lowest BCUT2D eigenvalue weighted by molar-refractivity contribution is -0.122. The minimum absolute atomic E-state index is 0.0593. The average molecular weight is 412 g/mol. The summed E-state index contributed by atoms with van der Waals surface area (Å²) in [6.07, 6.45) is 1.56. The number of fused-ring (bicyclic) bond motifs is 3. The van der Waals surface area contributed by atoms with E-state index in [4.69, 9.17) is 0 Å². The number of rotatable bonds is 6. The maximum Gasteiger partial charge on any atom is 0.291 e. The van der Waals surface area contributed by atoms with E-state index in [-0.39, 0.29) is 24.5 Å². The van der Waals surface area contributed by atoms with Crippen LogP contribution in [0.15, 0.2) is 41.2 Å². The quantitative estimate of drug-likeness (QED) is 0.528. The largest absolute Gasteiger partial charge is 0.350 e. The fraction of sp³-hybridized carbons (Fsp3) is 0.286. The molecule has 0 aliphatic rings. The second-order valence-electron chi connectivity index (χ2n) is 6.78. The van der Waals surface area contributed by atoms with Crippen LogP contribution in [0.4, 0.5) is 4.39 Å². The molecule has 1 amide bonds. The molecule has 1 N–H and O–H groups in total. The first-order valence-electron chi connectivity index (χ1n) is 9.55. The molecule has 8 heteroatoms. The monoisotopic (exact) mass is 412 g/mol. The van der Waals surface area contributed by atoms with E-state index >= 15 is 0 Å². The van der Waals surface area contributed by atoms with E-state index in [1.54, 1.807) is 29.5 Å². The van der Waals surface area contributed by atoms with Crippen molar-refractivity contribution in [2.24, 2.45) is 0 Å². The lowest BCUT2D eigenvalue weighted by Crippen LogP contribution is -2.35. The summed E-state index contributed by atoms with van der Waals surface area (Å²) >= 11 is 1.67. The molecule has 0 aliphatic heterocycles. The van der Waals surface area contributed by atoms with E-state index < -0.39 is 5.91 Å². The predicted molar refractivity (Wildman–Crippen MR) is 112 cm³/mol. The van der Waals surface area contributed by atoms with Crippen LogP contribution < -0.4 is 10.9 Å². The van der Waals surface area contributed by atoms with Gasteiger partial charge in [0, 0.05) is 23.4 Å². The Bertz CT molecular complexity index is 1270. The van der Waals surface area contributed by atoms with Gasteiger partial charge in [0.2, 0.25) is 5.91 Å². The van der Waals surface area contributed by atoms with Gasteiger partial charge in [0.25, 0.3) is 5.56 Å². The number of amides is 1. The number of nitrogens with zero attached hydrogens (tertiary/aromatic N) is 3. The molecule has 3 heterocycles. The maximum atomic E-state index is 13.7. The number of carbonyl (C=O) groups is 1. The Kier molecular flexibility index (Phi) is 5.19. The van der Waals surface area contributed by atoms with E-state index in [9.17, 15) is 14.0 Å². The third kappa shape index (κ3) is 3.55. The van der Waals surface area contributed by atoms with Crippen LogP contribution in [0.5, 0.6) is 0 Å². The average Bonchev–Trinajstić information content (AvgIpc) is 3.27. The molecule has 0 saturated heterocycles. The maximum absolute atomic E-state index is 13.7. The summed E-state index contributed by atoms with van der Waals surface area (Å²) < 4.78 is 17.8. The first-order valence-corrected chi connectivity index (χ1v) is 10.4. The molecule has 29 heavy (non-hydrogen) atoms. The van der Waals surface area contributed by atoms with Gasteiger partial charge < -0.3 is 5.32 Å². The van der Waals surface area contributed by atoms with E-state index in [1.807, 2.05) is 17.4 Å². The predicted octanol–water partition coefficient (Wildman–Crippen LogP) is 3.29. The number of hydrogen-bond acceptors (Lipinski definition) is 4. The van der Waals surface area contributed by atoms with Crippen molar-refractivity contribution in [3.05, 3.63) is 68.8 Å². The zero-order valence-electron chi connectivity index (χ0n) is 16.2. The Morgan fingerprint density at radius 2 is 1.97 bits per heavy atom. The molecule has 6 nitrogen and oxygen atoms in total. The molecule has 0 radical (unpaired) electrons. The highest BCUT2D eigenvalue weighted by Gasteiger charge is 2.17. The van der Waals surface area contributed by atoms with Crippen LogP contribution in [0.2, 0.25) is 0 Å². The molecular weight excluding hydrogens is 391 g/mol. The van der Waals surface area contributed by atoms with Gasteiger partial charge in [0.05, 0.1) is 10.2 Å². The summed E-state index contributed by atoms with van der Waals surface area (Å²) in [4.78, 5) is 26.5. The number of carbonyl (C=O) groups excluding carboxylic acids is 1. The summed E-state index contributed by atoms with van der Waals surface area (Å²) in [6.45, 7) is 3.91. The first-order chi connectivity index (χ1) is 14.0. The molecule has 0 unspecified atom stereocenters. The lowest BCUT2D eigenvalue weighted by Gasteiger charge is -2.10. The number of nitrogens with one attached hydrogen (secondary N) is 1. The van der Waals surface area contributed by atoms with Crippen molar-refractivity contribution in [2.75, 3.05) is 0 Å². The summed E-state index contributed by atoms with van der Waals surface area (Å²) in [5.74, 6) is -0.0506. The summed E-state index contributed by atoms with van der Waals surface area (Å²) in [6, 6.07) is 10.2. The topological polar surface area (TPSA) is 68.4 Å². The number of hydrogen-bond donors (Lipinski definition) is 1. The van der Waals surface area contributed by atoms with E-state index in [0.717, 1.165) is 22.5 Å². The number of thiophene rings is 1. The van der Waals surface area contributed by atoms with Crippen molar-refractivity contribution in [1.29, 1.82) is 0 Å². The standard InChI is InChI=1S/C21H21FN4O2S/c1-3-14-9-16-18(29-14)10-17-21(28)25(24-19(4-2)26(16)17)12-20(27)23-11-13-7-5-6-8-15(13)22/h5-10H,3-4,11-12H2,1-2H3,(H,23,27). The summed E-state index contributed by atoms with van der Waals surface area (Å²) in [5, 5.41) is 7.08. The molecule has 0 atom stereocenters. The normalized spacial score (nSPS) is 11.4. The van der Waals surface area contributed by atoms with Crippen LogP contribution >= 0.6 is 11.3 Å². The second kappa shape index (κ2) is 7.79. The summed E-state index contributed by atoms with van der Waals surface area (Å²) in [5.41, 5.74) is 1.58. The number of benzene rings is 1. The van der Waals surface area contributed by atoms with Crippen molar-refractivity contribution in [1.82, 2.24) is 19.5 Å². The number of halogens is 1. The molecule has 150 valence electrons. The van der Waals surface area contributed by atoms with Gasteiger partial charge in [-0.25, -0.2) is 9.07 Å². The summed E-state index contributed by atoms with van der Waals surface area (Å²) in [7, 11) is 0. The fourth-order valence-corrected chi connectivity index (χ4v) is 4.40. The van der Waals surface area contributed by atoms with Gasteiger partial charge in [0.1, 0.15) is 23.7 Å². The van der Waals surface area contributed by atoms with Gasteiger partial charge in [-0.15, -0.1) is 11.3 Å². The zero-order chi connectivity index (χ0) is 20.5. The molecule has 0 bridgehead atoms. The van der Waals surface area contributed by atoms with Crippen LogP contribution in [0.3, 0.4) is 0 Å². The second-order valence-corrected chi connectivity index (χ2v) is 7.95. The van der Waals surface area contributed by atoms with Crippen molar-refractivity contribution in [3.8, 4) is 0 Å². The minimum atomic E-state index is -0.393. The van der Waals surface area contributed by atoms with Gasteiger partial charge >= 0.3 is 0 Å².